The standard InChI is InChI=1S/C23H25N3O2S2/c1-4-12-26-22(28)20-17-11-10-15(2)13-18(17)30-21(20)24-23(26)29-14-19(27)25(3)16-8-6-5-7-9-16/h4-9,15H,1,10-14H2,2-3H3/t15-/m0/s1. The zero-order chi connectivity index (χ0) is 21.3. The minimum atomic E-state index is -0.0370. The van der Waals surface area contributed by atoms with E-state index in [0.29, 0.717) is 17.6 Å². The third-order valence-electron chi connectivity index (χ3n) is 5.53. The van der Waals surface area contributed by atoms with E-state index in [0.717, 1.165) is 35.2 Å². The van der Waals surface area contributed by atoms with Crippen molar-refractivity contribution in [1.82, 2.24) is 9.55 Å². The van der Waals surface area contributed by atoms with Crippen molar-refractivity contribution < 1.29 is 4.79 Å². The number of fused-ring (bicyclic) bond motifs is 3. The first kappa shape index (κ1) is 20.9. The summed E-state index contributed by atoms with van der Waals surface area (Å²) < 4.78 is 1.65. The molecule has 0 unspecified atom stereocenters. The predicted molar refractivity (Wildman–Crippen MR) is 126 cm³/mol. The molecule has 1 aliphatic rings. The highest BCUT2D eigenvalue weighted by molar-refractivity contribution is 7.99. The number of hydrogen-bond acceptors (Lipinski definition) is 5. The first-order chi connectivity index (χ1) is 14.5. The minimum absolute atomic E-state index is 0.0154. The van der Waals surface area contributed by atoms with Gasteiger partial charge in [0.1, 0.15) is 4.83 Å². The molecule has 0 radical (unpaired) electrons. The average molecular weight is 440 g/mol. The van der Waals surface area contributed by atoms with E-state index in [2.05, 4.69) is 13.5 Å². The molecule has 0 saturated carbocycles. The molecular formula is C23H25N3O2S2. The van der Waals surface area contributed by atoms with Gasteiger partial charge in [-0.1, -0.05) is 43.0 Å². The maximum atomic E-state index is 13.3. The van der Waals surface area contributed by atoms with Crippen LogP contribution < -0.4 is 10.5 Å². The number of anilines is 1. The van der Waals surface area contributed by atoms with Gasteiger partial charge in [0.2, 0.25) is 5.91 Å². The highest BCUT2D eigenvalue weighted by atomic mass is 32.2. The number of carbonyl (C=O) groups excluding carboxylic acids is 1. The van der Waals surface area contributed by atoms with Crippen molar-refractivity contribution >= 4 is 44.9 Å². The summed E-state index contributed by atoms with van der Waals surface area (Å²) in [5.41, 5.74) is 2.01. The quantitative estimate of drug-likeness (QED) is 0.322. The molecule has 0 N–H and O–H groups in total. The number of aryl methyl sites for hydroxylation is 1. The Hall–Kier alpha value is -2.38. The molecule has 0 saturated heterocycles. The number of thiophene rings is 1. The van der Waals surface area contributed by atoms with Crippen LogP contribution in [0.1, 0.15) is 23.8 Å². The topological polar surface area (TPSA) is 55.2 Å². The van der Waals surface area contributed by atoms with Gasteiger partial charge in [0.05, 0.1) is 11.1 Å². The molecule has 5 nitrogen and oxygen atoms in total. The van der Waals surface area contributed by atoms with Crippen LogP contribution in [-0.2, 0) is 24.2 Å². The first-order valence-corrected chi connectivity index (χ1v) is 11.9. The summed E-state index contributed by atoms with van der Waals surface area (Å²) in [7, 11) is 1.76. The summed E-state index contributed by atoms with van der Waals surface area (Å²) >= 11 is 2.95. The molecule has 0 aliphatic heterocycles. The van der Waals surface area contributed by atoms with Gasteiger partial charge in [-0.3, -0.25) is 14.2 Å². The second kappa shape index (κ2) is 8.78. The van der Waals surface area contributed by atoms with Crippen LogP contribution >= 0.6 is 23.1 Å². The van der Waals surface area contributed by atoms with E-state index in [1.165, 1.54) is 22.2 Å². The molecule has 1 amide bonds. The molecule has 3 aromatic rings. The molecular weight excluding hydrogens is 414 g/mol. The fourth-order valence-corrected chi connectivity index (χ4v) is 6.17. The van der Waals surface area contributed by atoms with Crippen molar-refractivity contribution in [3.8, 4) is 0 Å². The largest absolute Gasteiger partial charge is 0.315 e. The Morgan fingerprint density at radius 2 is 2.17 bits per heavy atom. The van der Waals surface area contributed by atoms with Gasteiger partial charge in [-0.15, -0.1) is 17.9 Å². The minimum Gasteiger partial charge on any atom is -0.315 e. The summed E-state index contributed by atoms with van der Waals surface area (Å²) in [6.45, 7) is 6.44. The van der Waals surface area contributed by atoms with E-state index >= 15 is 0 Å². The molecule has 7 heteroatoms. The molecule has 156 valence electrons. The van der Waals surface area contributed by atoms with Crippen LogP contribution in [0.5, 0.6) is 0 Å². The van der Waals surface area contributed by atoms with Crippen LogP contribution in [-0.4, -0.2) is 28.3 Å². The normalized spacial score (nSPS) is 15.7. The van der Waals surface area contributed by atoms with Gasteiger partial charge in [-0.25, -0.2) is 4.98 Å². The van der Waals surface area contributed by atoms with E-state index in [4.69, 9.17) is 4.98 Å². The molecule has 2 heterocycles. The van der Waals surface area contributed by atoms with Crippen LogP contribution in [0.25, 0.3) is 10.2 Å². The summed E-state index contributed by atoms with van der Waals surface area (Å²) in [5, 5.41) is 1.34. The third-order valence-corrected chi connectivity index (χ3v) is 7.64. The van der Waals surface area contributed by atoms with Gasteiger partial charge in [0.15, 0.2) is 5.16 Å². The average Bonchev–Trinajstić information content (AvgIpc) is 3.11. The van der Waals surface area contributed by atoms with Gasteiger partial charge in [0, 0.05) is 24.2 Å². The molecule has 1 aliphatic carbocycles. The molecule has 2 aromatic heterocycles. The van der Waals surface area contributed by atoms with Gasteiger partial charge in [-0.2, -0.15) is 0 Å². The van der Waals surface area contributed by atoms with Crippen LogP contribution in [0.2, 0.25) is 0 Å². The van der Waals surface area contributed by atoms with Gasteiger partial charge < -0.3 is 4.90 Å². The fourth-order valence-electron chi connectivity index (χ4n) is 3.82. The number of amides is 1. The van der Waals surface area contributed by atoms with Crippen molar-refractivity contribution in [2.45, 2.75) is 37.9 Å². The number of carbonyl (C=O) groups is 1. The lowest BCUT2D eigenvalue weighted by Gasteiger charge is -2.18. The highest BCUT2D eigenvalue weighted by Crippen LogP contribution is 2.36. The van der Waals surface area contributed by atoms with E-state index in [-0.39, 0.29) is 17.2 Å². The molecule has 1 aromatic carbocycles. The van der Waals surface area contributed by atoms with Crippen LogP contribution in [0.3, 0.4) is 0 Å². The second-order valence-electron chi connectivity index (χ2n) is 7.71. The lowest BCUT2D eigenvalue weighted by molar-refractivity contribution is -0.115. The van der Waals surface area contributed by atoms with Gasteiger partial charge >= 0.3 is 0 Å². The Morgan fingerprint density at radius 3 is 2.90 bits per heavy atom. The molecule has 0 fully saturated rings. The molecule has 30 heavy (non-hydrogen) atoms. The molecule has 1 atom stereocenters. The van der Waals surface area contributed by atoms with Crippen LogP contribution in [0.4, 0.5) is 5.69 Å². The highest BCUT2D eigenvalue weighted by Gasteiger charge is 2.25. The summed E-state index contributed by atoms with van der Waals surface area (Å²) in [5.74, 6) is 0.814. The monoisotopic (exact) mass is 439 g/mol. The maximum Gasteiger partial charge on any atom is 0.263 e. The zero-order valence-corrected chi connectivity index (χ0v) is 18.9. The van der Waals surface area contributed by atoms with Crippen LogP contribution in [0.15, 0.2) is 52.9 Å². The number of benzene rings is 1. The predicted octanol–water partition coefficient (Wildman–Crippen LogP) is 4.52. The van der Waals surface area contributed by atoms with E-state index in [1.54, 1.807) is 33.9 Å². The number of hydrogen-bond donors (Lipinski definition) is 0. The van der Waals surface area contributed by atoms with E-state index < -0.39 is 0 Å². The van der Waals surface area contributed by atoms with Crippen molar-refractivity contribution in [1.29, 1.82) is 0 Å². The number of thioether (sulfide) groups is 1. The number of rotatable bonds is 6. The Morgan fingerprint density at radius 1 is 1.40 bits per heavy atom. The van der Waals surface area contributed by atoms with Gasteiger partial charge in [-0.05, 0) is 42.9 Å². The Labute approximate surface area is 184 Å². The number of aromatic nitrogens is 2. The SMILES string of the molecule is C=CCn1c(SCC(=O)N(C)c2ccccc2)nc2sc3c(c2c1=O)CC[C@H](C)C3. The first-order valence-electron chi connectivity index (χ1n) is 10.1. The van der Waals surface area contributed by atoms with Crippen molar-refractivity contribution in [2.75, 3.05) is 17.7 Å². The zero-order valence-electron chi connectivity index (χ0n) is 17.3. The third kappa shape index (κ3) is 3.96. The van der Waals surface area contributed by atoms with Crippen molar-refractivity contribution in [3.05, 3.63) is 63.8 Å². The van der Waals surface area contributed by atoms with Crippen LogP contribution in [0, 0.1) is 5.92 Å². The van der Waals surface area contributed by atoms with Crippen molar-refractivity contribution in [3.63, 3.8) is 0 Å². The number of para-hydroxylation sites is 1. The summed E-state index contributed by atoms with van der Waals surface area (Å²) in [4.78, 5) is 34.6. The van der Waals surface area contributed by atoms with E-state index in [9.17, 15) is 9.59 Å². The maximum absolute atomic E-state index is 13.3. The Bertz CT molecular complexity index is 1150. The summed E-state index contributed by atoms with van der Waals surface area (Å²) in [6.07, 6.45) is 4.77. The fraction of sp³-hybridized carbons (Fsp3) is 0.348. The number of allylic oxidation sites excluding steroid dienone is 1. The molecule has 4 rings (SSSR count). The van der Waals surface area contributed by atoms with Crippen molar-refractivity contribution in [2.24, 2.45) is 5.92 Å². The van der Waals surface area contributed by atoms with Gasteiger partial charge in [0.25, 0.3) is 5.56 Å². The lowest BCUT2D eigenvalue weighted by atomic mass is 9.89. The summed E-state index contributed by atoms with van der Waals surface area (Å²) in [6, 6.07) is 9.53. The molecule has 0 bridgehead atoms. The Kier molecular flexibility index (Phi) is 6.11. The lowest BCUT2D eigenvalue weighted by Crippen LogP contribution is -2.29. The second-order valence-corrected chi connectivity index (χ2v) is 9.73. The Balaban J connectivity index is 1.65. The number of nitrogens with zero attached hydrogens (tertiary/aromatic N) is 3. The smallest absolute Gasteiger partial charge is 0.263 e. The van der Waals surface area contributed by atoms with E-state index in [1.807, 2.05) is 30.3 Å². The molecule has 0 spiro atoms.